The lowest BCUT2D eigenvalue weighted by Gasteiger charge is -2.26. The normalized spacial score (nSPS) is 15.6. The van der Waals surface area contributed by atoms with Gasteiger partial charge >= 0.3 is 11.9 Å². The van der Waals surface area contributed by atoms with Gasteiger partial charge in [-0.3, -0.25) is 4.79 Å². The number of methoxy groups -OCH3 is 1. The molecule has 9 nitrogen and oxygen atoms in total. The third-order valence-electron chi connectivity index (χ3n) is 5.75. The van der Waals surface area contributed by atoms with Gasteiger partial charge in [0.05, 0.1) is 28.8 Å². The Kier molecular flexibility index (Phi) is 7.38. The summed E-state index contributed by atoms with van der Waals surface area (Å²) in [5, 5.41) is 0. The molecule has 178 valence electrons. The fourth-order valence-electron chi connectivity index (χ4n) is 3.93. The molecule has 1 aromatic carbocycles. The number of rotatable bonds is 7. The summed E-state index contributed by atoms with van der Waals surface area (Å²) in [6.45, 7) is 5.56. The monoisotopic (exact) mass is 476 g/mol. The number of carbonyl (C=O) groups excluding carboxylic acids is 3. The van der Waals surface area contributed by atoms with Gasteiger partial charge in [0.15, 0.2) is 6.10 Å². The number of piperidine rings is 1. The summed E-state index contributed by atoms with van der Waals surface area (Å²) in [6, 6.07) is 5.62. The van der Waals surface area contributed by atoms with E-state index in [1.54, 1.807) is 13.8 Å². The second kappa shape index (κ2) is 9.88. The smallest absolute Gasteiger partial charge is 0.339 e. The maximum atomic E-state index is 12.9. The minimum absolute atomic E-state index is 0.0105. The molecular formula is C23H28N2O7S. The highest BCUT2D eigenvalue weighted by atomic mass is 32.2. The van der Waals surface area contributed by atoms with E-state index in [0.717, 1.165) is 19.3 Å². The molecule has 0 amide bonds. The fourth-order valence-corrected chi connectivity index (χ4v) is 5.49. The number of carbonyl (C=O) groups is 3. The maximum Gasteiger partial charge on any atom is 0.339 e. The van der Waals surface area contributed by atoms with Crippen LogP contribution in [0.25, 0.3) is 0 Å². The van der Waals surface area contributed by atoms with Gasteiger partial charge in [-0.25, -0.2) is 18.0 Å². The summed E-state index contributed by atoms with van der Waals surface area (Å²) < 4.78 is 37.3. The first-order chi connectivity index (χ1) is 15.6. The number of Topliss-reactive ketones (excluding diaryl/α,β-unsaturated/α-hetero) is 1. The number of benzene rings is 1. The standard InChI is InChI=1S/C23H28N2O7S/c1-14-19(23(28)31-4)15(2)24-20(14)21(26)16(3)32-22(27)17-9-8-10-18(13-17)33(29,30)25-11-6-5-7-12-25/h8-10,13,16,24H,5-7,11-12H2,1-4H3. The molecule has 10 heteroatoms. The molecule has 2 heterocycles. The van der Waals surface area contributed by atoms with E-state index in [-0.39, 0.29) is 21.7 Å². The van der Waals surface area contributed by atoms with Crippen molar-refractivity contribution < 1.29 is 32.3 Å². The van der Waals surface area contributed by atoms with Crippen LogP contribution in [0.15, 0.2) is 29.2 Å². The number of ketones is 1. The summed E-state index contributed by atoms with van der Waals surface area (Å²) in [5.41, 5.74) is 1.31. The summed E-state index contributed by atoms with van der Waals surface area (Å²) in [4.78, 5) is 40.4. The highest BCUT2D eigenvalue weighted by molar-refractivity contribution is 7.89. The van der Waals surface area contributed by atoms with E-state index in [4.69, 9.17) is 9.47 Å². The van der Waals surface area contributed by atoms with Gasteiger partial charge in [-0.05, 0) is 57.4 Å². The number of nitrogens with zero attached hydrogens (tertiary/aromatic N) is 1. The molecule has 1 N–H and O–H groups in total. The van der Waals surface area contributed by atoms with E-state index in [2.05, 4.69) is 4.98 Å². The quantitative estimate of drug-likeness (QED) is 0.481. The van der Waals surface area contributed by atoms with Crippen molar-refractivity contribution in [2.24, 2.45) is 0 Å². The van der Waals surface area contributed by atoms with E-state index in [1.807, 2.05) is 0 Å². The van der Waals surface area contributed by atoms with Gasteiger partial charge in [-0.1, -0.05) is 12.5 Å². The van der Waals surface area contributed by atoms with Crippen molar-refractivity contribution in [1.82, 2.24) is 9.29 Å². The molecular weight excluding hydrogens is 448 g/mol. The highest BCUT2D eigenvalue weighted by Gasteiger charge is 2.29. The van der Waals surface area contributed by atoms with Crippen LogP contribution in [0.3, 0.4) is 0 Å². The van der Waals surface area contributed by atoms with Crippen molar-refractivity contribution in [3.05, 3.63) is 52.3 Å². The first kappa shape index (κ1) is 24.7. The second-order valence-electron chi connectivity index (χ2n) is 8.02. The van der Waals surface area contributed by atoms with Crippen LogP contribution in [-0.2, 0) is 19.5 Å². The van der Waals surface area contributed by atoms with Gasteiger partial charge in [-0.15, -0.1) is 0 Å². The van der Waals surface area contributed by atoms with Crippen LogP contribution in [-0.4, -0.2) is 61.7 Å². The number of hydrogen-bond acceptors (Lipinski definition) is 7. The zero-order valence-corrected chi connectivity index (χ0v) is 20.0. The number of aryl methyl sites for hydroxylation is 1. The number of ether oxygens (including phenoxy) is 2. The molecule has 0 aliphatic carbocycles. The minimum Gasteiger partial charge on any atom is -0.465 e. The molecule has 0 radical (unpaired) electrons. The Balaban J connectivity index is 1.77. The van der Waals surface area contributed by atoms with Crippen LogP contribution in [0.1, 0.15) is 68.6 Å². The number of H-pyrrole nitrogens is 1. The van der Waals surface area contributed by atoms with Crippen LogP contribution >= 0.6 is 0 Å². The summed E-state index contributed by atoms with van der Waals surface area (Å²) in [7, 11) is -2.46. The Morgan fingerprint density at radius 1 is 1.06 bits per heavy atom. The Morgan fingerprint density at radius 3 is 2.36 bits per heavy atom. The molecule has 1 atom stereocenters. The summed E-state index contributed by atoms with van der Waals surface area (Å²) in [6.07, 6.45) is 1.43. The molecule has 0 bridgehead atoms. The van der Waals surface area contributed by atoms with E-state index in [9.17, 15) is 22.8 Å². The number of aromatic amines is 1. The second-order valence-corrected chi connectivity index (χ2v) is 9.96. The number of hydrogen-bond donors (Lipinski definition) is 1. The number of sulfonamides is 1. The van der Waals surface area contributed by atoms with Gasteiger partial charge in [0.2, 0.25) is 15.8 Å². The molecule has 1 aliphatic rings. The van der Waals surface area contributed by atoms with E-state index >= 15 is 0 Å². The van der Waals surface area contributed by atoms with Crippen molar-refractivity contribution in [2.45, 2.75) is 51.0 Å². The molecule has 2 aromatic rings. The molecule has 0 spiro atoms. The first-order valence-corrected chi connectivity index (χ1v) is 12.1. The average molecular weight is 477 g/mol. The maximum absolute atomic E-state index is 12.9. The van der Waals surface area contributed by atoms with Crippen molar-refractivity contribution >= 4 is 27.7 Å². The van der Waals surface area contributed by atoms with Gasteiger partial charge in [-0.2, -0.15) is 4.31 Å². The number of aromatic nitrogens is 1. The SMILES string of the molecule is COC(=O)c1c(C)[nH]c(C(=O)C(C)OC(=O)c2cccc(S(=O)(=O)N3CCCCC3)c2)c1C. The molecule has 1 saturated heterocycles. The molecule has 1 aliphatic heterocycles. The average Bonchev–Trinajstić information content (AvgIpc) is 3.12. The fraction of sp³-hybridized carbons (Fsp3) is 0.435. The zero-order valence-electron chi connectivity index (χ0n) is 19.1. The molecule has 33 heavy (non-hydrogen) atoms. The Morgan fingerprint density at radius 2 is 1.73 bits per heavy atom. The topological polar surface area (TPSA) is 123 Å². The van der Waals surface area contributed by atoms with Crippen molar-refractivity contribution in [2.75, 3.05) is 20.2 Å². The predicted molar refractivity (Wildman–Crippen MR) is 120 cm³/mol. The molecule has 1 unspecified atom stereocenters. The van der Waals surface area contributed by atoms with Gasteiger partial charge in [0, 0.05) is 18.8 Å². The van der Waals surface area contributed by atoms with Crippen LogP contribution < -0.4 is 0 Å². The Labute approximate surface area is 193 Å². The Hall–Kier alpha value is -2.98. The lowest BCUT2D eigenvalue weighted by atomic mass is 10.1. The molecule has 1 aromatic heterocycles. The van der Waals surface area contributed by atoms with E-state index < -0.39 is 33.8 Å². The molecule has 3 rings (SSSR count). The van der Waals surface area contributed by atoms with Crippen LogP contribution in [0, 0.1) is 13.8 Å². The largest absolute Gasteiger partial charge is 0.465 e. The summed E-state index contributed by atoms with van der Waals surface area (Å²) >= 11 is 0. The van der Waals surface area contributed by atoms with Crippen LogP contribution in [0.2, 0.25) is 0 Å². The summed E-state index contributed by atoms with van der Waals surface area (Å²) in [5.74, 6) is -1.91. The highest BCUT2D eigenvalue weighted by Crippen LogP contribution is 2.23. The third kappa shape index (κ3) is 5.01. The van der Waals surface area contributed by atoms with Crippen molar-refractivity contribution in [3.8, 4) is 0 Å². The van der Waals surface area contributed by atoms with Crippen molar-refractivity contribution in [1.29, 1.82) is 0 Å². The van der Waals surface area contributed by atoms with E-state index in [1.165, 1.54) is 42.6 Å². The zero-order chi connectivity index (χ0) is 24.3. The Bertz CT molecular complexity index is 1180. The lowest BCUT2D eigenvalue weighted by Crippen LogP contribution is -2.35. The number of esters is 2. The first-order valence-electron chi connectivity index (χ1n) is 10.7. The minimum atomic E-state index is -3.71. The van der Waals surface area contributed by atoms with Gasteiger partial charge in [0.25, 0.3) is 0 Å². The van der Waals surface area contributed by atoms with Gasteiger partial charge < -0.3 is 14.5 Å². The lowest BCUT2D eigenvalue weighted by molar-refractivity contribution is 0.0316. The molecule has 1 fully saturated rings. The predicted octanol–water partition coefficient (Wildman–Crippen LogP) is 3.02. The third-order valence-corrected chi connectivity index (χ3v) is 7.64. The van der Waals surface area contributed by atoms with E-state index in [0.29, 0.717) is 24.3 Å². The van der Waals surface area contributed by atoms with Crippen molar-refractivity contribution in [3.63, 3.8) is 0 Å². The van der Waals surface area contributed by atoms with Gasteiger partial charge in [0.1, 0.15) is 0 Å². The van der Waals surface area contributed by atoms with Crippen LogP contribution in [0.5, 0.6) is 0 Å². The molecule has 0 saturated carbocycles. The van der Waals surface area contributed by atoms with Crippen LogP contribution in [0.4, 0.5) is 0 Å². The number of nitrogens with one attached hydrogen (secondary N) is 1.